The minimum absolute atomic E-state index is 0.162. The maximum absolute atomic E-state index is 13.3. The second-order valence-electron chi connectivity index (χ2n) is 7.20. The van der Waals surface area contributed by atoms with Crippen molar-refractivity contribution in [3.63, 3.8) is 0 Å². The number of hydrogen-bond acceptors (Lipinski definition) is 6. The van der Waals surface area contributed by atoms with E-state index in [1.54, 1.807) is 49.5 Å². The van der Waals surface area contributed by atoms with Crippen LogP contribution < -0.4 is 14.8 Å². The van der Waals surface area contributed by atoms with E-state index in [0.717, 1.165) is 5.56 Å². The maximum atomic E-state index is 13.3. The lowest BCUT2D eigenvalue weighted by Gasteiger charge is -2.16. The van der Waals surface area contributed by atoms with E-state index in [0.29, 0.717) is 33.5 Å². The third-order valence-electron chi connectivity index (χ3n) is 5.16. The van der Waals surface area contributed by atoms with Gasteiger partial charge in [0.2, 0.25) is 0 Å². The largest absolute Gasteiger partial charge is 0.493 e. The average Bonchev–Trinajstić information content (AvgIpc) is 3.29. The molecule has 0 saturated carbocycles. The molecule has 168 valence electrons. The number of rotatable bonds is 7. The Morgan fingerprint density at radius 2 is 1.85 bits per heavy atom. The van der Waals surface area contributed by atoms with Crippen LogP contribution in [-0.4, -0.2) is 40.1 Å². The number of benzene rings is 2. The number of pyridine rings is 1. The number of hydrogen-bond donors (Lipinski definition) is 1. The second kappa shape index (κ2) is 9.70. The summed E-state index contributed by atoms with van der Waals surface area (Å²) in [4.78, 5) is 17.5. The molecule has 0 aliphatic rings. The molecular formula is C24H22ClN5O3. The van der Waals surface area contributed by atoms with Crippen LogP contribution in [0.4, 0.5) is 0 Å². The molecular weight excluding hydrogens is 442 g/mol. The zero-order valence-corrected chi connectivity index (χ0v) is 19.1. The van der Waals surface area contributed by atoms with Gasteiger partial charge >= 0.3 is 0 Å². The fraction of sp³-hybridized carbons (Fsp3) is 0.167. The van der Waals surface area contributed by atoms with E-state index >= 15 is 0 Å². The standard InChI is InChI=1S/C24H22ClN5O3/c1-15(16-10-11-20(32-2)21(13-16)33-3)27-24(31)22-23(17-7-6-12-26-14-17)30(29-28-22)19-9-5-4-8-18(19)25/h4-15H,1-3H3,(H,27,31)/t15-/m1/s1. The summed E-state index contributed by atoms with van der Waals surface area (Å²) in [6.45, 7) is 1.88. The number of methoxy groups -OCH3 is 2. The number of aromatic nitrogens is 4. The molecule has 0 saturated heterocycles. The predicted octanol–water partition coefficient (Wildman–Crippen LogP) is 4.49. The molecule has 0 bridgehead atoms. The lowest BCUT2D eigenvalue weighted by molar-refractivity contribution is 0.0935. The number of nitrogens with one attached hydrogen (secondary N) is 1. The van der Waals surface area contributed by atoms with Crippen LogP contribution in [0.25, 0.3) is 16.9 Å². The summed E-state index contributed by atoms with van der Waals surface area (Å²) < 4.78 is 12.2. The van der Waals surface area contributed by atoms with Crippen LogP contribution in [0.1, 0.15) is 29.0 Å². The van der Waals surface area contributed by atoms with Crippen molar-refractivity contribution < 1.29 is 14.3 Å². The Morgan fingerprint density at radius 1 is 1.06 bits per heavy atom. The van der Waals surface area contributed by atoms with Crippen molar-refractivity contribution in [3.05, 3.63) is 83.3 Å². The Kier molecular flexibility index (Phi) is 6.55. The molecule has 0 radical (unpaired) electrons. The third-order valence-corrected chi connectivity index (χ3v) is 5.48. The normalized spacial score (nSPS) is 11.6. The first-order valence-corrected chi connectivity index (χ1v) is 10.5. The van der Waals surface area contributed by atoms with Gasteiger partial charge in [-0.05, 0) is 48.9 Å². The molecule has 0 aliphatic carbocycles. The summed E-state index contributed by atoms with van der Waals surface area (Å²) in [5.41, 5.74) is 2.80. The number of carbonyl (C=O) groups excluding carboxylic acids is 1. The van der Waals surface area contributed by atoms with E-state index < -0.39 is 0 Å². The highest BCUT2D eigenvalue weighted by atomic mass is 35.5. The monoisotopic (exact) mass is 463 g/mol. The van der Waals surface area contributed by atoms with Crippen molar-refractivity contribution >= 4 is 17.5 Å². The molecule has 0 unspecified atom stereocenters. The highest BCUT2D eigenvalue weighted by Gasteiger charge is 2.24. The van der Waals surface area contributed by atoms with E-state index in [1.165, 1.54) is 0 Å². The summed E-state index contributed by atoms with van der Waals surface area (Å²) in [7, 11) is 3.14. The second-order valence-corrected chi connectivity index (χ2v) is 7.61. The van der Waals surface area contributed by atoms with Gasteiger partial charge in [0.25, 0.3) is 5.91 Å². The maximum Gasteiger partial charge on any atom is 0.274 e. The Hall–Kier alpha value is -3.91. The van der Waals surface area contributed by atoms with Crippen LogP contribution in [0, 0.1) is 0 Å². The SMILES string of the molecule is COc1ccc([C@@H](C)NC(=O)c2nnn(-c3ccccc3Cl)c2-c2cccnc2)cc1OC. The lowest BCUT2D eigenvalue weighted by Crippen LogP contribution is -2.27. The van der Waals surface area contributed by atoms with Crippen molar-refractivity contribution in [1.82, 2.24) is 25.3 Å². The summed E-state index contributed by atoms with van der Waals surface area (Å²) in [6, 6.07) is 16.0. The van der Waals surface area contributed by atoms with E-state index in [1.807, 2.05) is 43.3 Å². The first-order chi connectivity index (χ1) is 16.0. The molecule has 1 N–H and O–H groups in total. The number of para-hydroxylation sites is 1. The van der Waals surface area contributed by atoms with Crippen LogP contribution in [-0.2, 0) is 0 Å². The van der Waals surface area contributed by atoms with Crippen LogP contribution in [0.15, 0.2) is 67.0 Å². The average molecular weight is 464 g/mol. The highest BCUT2D eigenvalue weighted by molar-refractivity contribution is 6.32. The van der Waals surface area contributed by atoms with Crippen molar-refractivity contribution in [3.8, 4) is 28.4 Å². The molecule has 0 spiro atoms. The predicted molar refractivity (Wildman–Crippen MR) is 125 cm³/mol. The smallest absolute Gasteiger partial charge is 0.274 e. The quantitative estimate of drug-likeness (QED) is 0.434. The number of ether oxygens (including phenoxy) is 2. The van der Waals surface area contributed by atoms with Gasteiger partial charge in [-0.2, -0.15) is 0 Å². The first kappa shape index (κ1) is 22.3. The van der Waals surface area contributed by atoms with Crippen molar-refractivity contribution in [2.45, 2.75) is 13.0 Å². The van der Waals surface area contributed by atoms with Gasteiger partial charge in [0.15, 0.2) is 17.2 Å². The molecule has 33 heavy (non-hydrogen) atoms. The van der Waals surface area contributed by atoms with Crippen LogP contribution in [0.2, 0.25) is 5.02 Å². The summed E-state index contributed by atoms with van der Waals surface area (Å²) in [5, 5.41) is 11.9. The molecule has 1 atom stereocenters. The number of amides is 1. The molecule has 9 heteroatoms. The van der Waals surface area contributed by atoms with E-state index in [4.69, 9.17) is 21.1 Å². The van der Waals surface area contributed by atoms with Gasteiger partial charge in [0.1, 0.15) is 5.69 Å². The molecule has 2 heterocycles. The van der Waals surface area contributed by atoms with Gasteiger partial charge in [-0.1, -0.05) is 35.0 Å². The molecule has 1 amide bonds. The van der Waals surface area contributed by atoms with Crippen molar-refractivity contribution in [2.24, 2.45) is 0 Å². The van der Waals surface area contributed by atoms with E-state index in [2.05, 4.69) is 20.6 Å². The summed E-state index contributed by atoms with van der Waals surface area (Å²) in [5.74, 6) is 0.813. The Bertz CT molecular complexity index is 1280. The van der Waals surface area contributed by atoms with Gasteiger partial charge in [-0.15, -0.1) is 5.10 Å². The zero-order valence-electron chi connectivity index (χ0n) is 18.3. The first-order valence-electron chi connectivity index (χ1n) is 10.2. The number of halogens is 1. The van der Waals surface area contributed by atoms with Gasteiger partial charge < -0.3 is 14.8 Å². The summed E-state index contributed by atoms with van der Waals surface area (Å²) >= 11 is 6.40. The molecule has 0 fully saturated rings. The fourth-order valence-corrected chi connectivity index (χ4v) is 3.68. The topological polar surface area (TPSA) is 91.2 Å². The molecule has 2 aromatic heterocycles. The number of nitrogens with zero attached hydrogens (tertiary/aromatic N) is 4. The molecule has 8 nitrogen and oxygen atoms in total. The molecule has 4 aromatic rings. The van der Waals surface area contributed by atoms with E-state index in [9.17, 15) is 4.79 Å². The molecule has 0 aliphatic heterocycles. The van der Waals surface area contributed by atoms with Gasteiger partial charge in [0.05, 0.1) is 31.0 Å². The summed E-state index contributed by atoms with van der Waals surface area (Å²) in [6.07, 6.45) is 3.31. The minimum atomic E-state index is -0.380. The van der Waals surface area contributed by atoms with Crippen LogP contribution in [0.3, 0.4) is 0 Å². The Balaban J connectivity index is 1.70. The highest BCUT2D eigenvalue weighted by Crippen LogP contribution is 2.31. The van der Waals surface area contributed by atoms with Crippen LogP contribution in [0.5, 0.6) is 11.5 Å². The molecule has 2 aromatic carbocycles. The third kappa shape index (κ3) is 4.51. The Labute approximate surface area is 196 Å². The van der Waals surface area contributed by atoms with Gasteiger partial charge in [-0.3, -0.25) is 9.78 Å². The lowest BCUT2D eigenvalue weighted by atomic mass is 10.1. The van der Waals surface area contributed by atoms with Gasteiger partial charge in [-0.25, -0.2) is 4.68 Å². The Morgan fingerprint density at radius 3 is 2.55 bits per heavy atom. The van der Waals surface area contributed by atoms with Gasteiger partial charge in [0, 0.05) is 18.0 Å². The zero-order chi connectivity index (χ0) is 23.4. The van der Waals surface area contributed by atoms with Crippen molar-refractivity contribution in [2.75, 3.05) is 14.2 Å². The fourth-order valence-electron chi connectivity index (χ4n) is 3.46. The molecule has 4 rings (SSSR count). The van der Waals surface area contributed by atoms with Crippen LogP contribution >= 0.6 is 11.6 Å². The van der Waals surface area contributed by atoms with E-state index in [-0.39, 0.29) is 17.6 Å². The minimum Gasteiger partial charge on any atom is -0.493 e. The number of carbonyl (C=O) groups is 1. The van der Waals surface area contributed by atoms with Crippen molar-refractivity contribution in [1.29, 1.82) is 0 Å².